The number of nitrogens with zero attached hydrogens (tertiary/aromatic N) is 1. The molecule has 0 bridgehead atoms. The molecule has 0 radical (unpaired) electrons. The molecule has 2 atom stereocenters. The second-order valence-electron chi connectivity index (χ2n) is 6.86. The fourth-order valence-corrected chi connectivity index (χ4v) is 6.21. The van der Waals surface area contributed by atoms with Gasteiger partial charge in [0.05, 0.1) is 10.5 Å². The Morgan fingerprint density at radius 2 is 1.88 bits per heavy atom. The summed E-state index contributed by atoms with van der Waals surface area (Å²) in [4.78, 5) is 25.7. The van der Waals surface area contributed by atoms with Crippen LogP contribution in [-0.4, -0.2) is 47.4 Å². The Balaban J connectivity index is 1.52. The zero-order valence-corrected chi connectivity index (χ0v) is 16.7. The molecule has 0 unspecified atom stereocenters. The summed E-state index contributed by atoms with van der Waals surface area (Å²) in [6, 6.07) is 8.16. The van der Waals surface area contributed by atoms with E-state index in [1.54, 1.807) is 4.90 Å². The summed E-state index contributed by atoms with van der Waals surface area (Å²) in [5.41, 5.74) is 6.70. The Morgan fingerprint density at radius 3 is 2.54 bits per heavy atom. The molecule has 7 heteroatoms. The van der Waals surface area contributed by atoms with Gasteiger partial charge in [0.25, 0.3) is 5.91 Å². The summed E-state index contributed by atoms with van der Waals surface area (Å²) in [5, 5.41) is 0. The molecule has 0 aromatic heterocycles. The summed E-state index contributed by atoms with van der Waals surface area (Å²) in [6.45, 7) is 2.39. The Kier molecular flexibility index (Phi) is 6.75. The summed E-state index contributed by atoms with van der Waals surface area (Å²) < 4.78 is 6.19. The molecule has 2 heterocycles. The minimum Gasteiger partial charge on any atom is -0.484 e. The standard InChI is InChI=1S/C19H26N2O3S2/c1-13-3-4-15(18(20)23)11-21(13)17(22)12-24-16-7-5-14(6-8-16)19-25-9-2-10-26-19/h5-8,13,15,19H,2-4,9-12H2,1H3,(H2,20,23)/t13-,15+/m1/s1. The molecule has 2 aliphatic heterocycles. The Morgan fingerprint density at radius 1 is 1.19 bits per heavy atom. The summed E-state index contributed by atoms with van der Waals surface area (Å²) >= 11 is 3.97. The van der Waals surface area contributed by atoms with Gasteiger partial charge in [0, 0.05) is 12.6 Å². The molecular formula is C19H26N2O3S2. The van der Waals surface area contributed by atoms with E-state index in [1.165, 1.54) is 23.5 Å². The molecule has 2 fully saturated rings. The minimum absolute atomic E-state index is 0.0118. The van der Waals surface area contributed by atoms with E-state index in [4.69, 9.17) is 10.5 Å². The molecule has 0 saturated carbocycles. The Bertz CT molecular complexity index is 632. The van der Waals surface area contributed by atoms with Gasteiger partial charge >= 0.3 is 0 Å². The van der Waals surface area contributed by atoms with Crippen LogP contribution >= 0.6 is 23.5 Å². The zero-order chi connectivity index (χ0) is 18.5. The van der Waals surface area contributed by atoms with Crippen LogP contribution in [-0.2, 0) is 9.59 Å². The fraction of sp³-hybridized carbons (Fsp3) is 0.579. The number of carbonyl (C=O) groups is 2. The highest BCUT2D eigenvalue weighted by Crippen LogP contribution is 2.43. The highest BCUT2D eigenvalue weighted by Gasteiger charge is 2.31. The number of hydrogen-bond donors (Lipinski definition) is 1. The van der Waals surface area contributed by atoms with Gasteiger partial charge in [-0.15, -0.1) is 23.5 Å². The topological polar surface area (TPSA) is 72.6 Å². The Labute approximate surface area is 163 Å². The number of carbonyl (C=O) groups excluding carboxylic acids is 2. The van der Waals surface area contributed by atoms with Crippen LogP contribution in [0.3, 0.4) is 0 Å². The average molecular weight is 395 g/mol. The van der Waals surface area contributed by atoms with E-state index < -0.39 is 0 Å². The lowest BCUT2D eigenvalue weighted by molar-refractivity contribution is -0.139. The molecule has 2 N–H and O–H groups in total. The van der Waals surface area contributed by atoms with Gasteiger partial charge in [-0.3, -0.25) is 9.59 Å². The van der Waals surface area contributed by atoms with Crippen LogP contribution in [0.4, 0.5) is 0 Å². The molecule has 2 aliphatic rings. The van der Waals surface area contributed by atoms with Gasteiger partial charge in [-0.05, 0) is 55.4 Å². The van der Waals surface area contributed by atoms with E-state index in [-0.39, 0.29) is 30.4 Å². The first kappa shape index (κ1) is 19.4. The monoisotopic (exact) mass is 394 g/mol. The van der Waals surface area contributed by atoms with Crippen LogP contribution in [0, 0.1) is 5.92 Å². The van der Waals surface area contributed by atoms with Crippen molar-refractivity contribution in [3.05, 3.63) is 29.8 Å². The molecule has 5 nitrogen and oxygen atoms in total. The zero-order valence-electron chi connectivity index (χ0n) is 15.1. The summed E-state index contributed by atoms with van der Waals surface area (Å²) in [6.07, 6.45) is 2.82. The number of nitrogens with two attached hydrogens (primary N) is 1. The third-order valence-electron chi connectivity index (χ3n) is 4.95. The van der Waals surface area contributed by atoms with E-state index in [2.05, 4.69) is 12.1 Å². The van der Waals surface area contributed by atoms with Gasteiger partial charge in [0.2, 0.25) is 5.91 Å². The Hall–Kier alpha value is -1.34. The minimum atomic E-state index is -0.329. The maximum atomic E-state index is 12.5. The van der Waals surface area contributed by atoms with Gasteiger partial charge in [0.15, 0.2) is 6.61 Å². The van der Waals surface area contributed by atoms with Crippen molar-refractivity contribution in [3.8, 4) is 5.75 Å². The quantitative estimate of drug-likeness (QED) is 0.831. The van der Waals surface area contributed by atoms with Crippen LogP contribution in [0.5, 0.6) is 5.75 Å². The summed E-state index contributed by atoms with van der Waals surface area (Å²) in [5.74, 6) is 2.45. The SMILES string of the molecule is C[C@@H]1CC[C@H](C(N)=O)CN1C(=O)COc1ccc(C2SCCCS2)cc1. The molecule has 2 saturated heterocycles. The average Bonchev–Trinajstić information content (AvgIpc) is 2.67. The number of benzene rings is 1. The summed E-state index contributed by atoms with van der Waals surface area (Å²) in [7, 11) is 0. The number of thioether (sulfide) groups is 2. The first-order valence-corrected chi connectivity index (χ1v) is 11.2. The first-order valence-electron chi connectivity index (χ1n) is 9.09. The van der Waals surface area contributed by atoms with Gasteiger partial charge in [-0.1, -0.05) is 12.1 Å². The molecule has 142 valence electrons. The smallest absolute Gasteiger partial charge is 0.260 e. The largest absolute Gasteiger partial charge is 0.484 e. The lowest BCUT2D eigenvalue weighted by Gasteiger charge is -2.36. The molecule has 2 amide bonds. The van der Waals surface area contributed by atoms with Crippen molar-refractivity contribution in [3.63, 3.8) is 0 Å². The van der Waals surface area contributed by atoms with Gasteiger partial charge < -0.3 is 15.4 Å². The number of ether oxygens (including phenoxy) is 1. The third kappa shape index (κ3) is 4.88. The maximum absolute atomic E-state index is 12.5. The fourth-order valence-electron chi connectivity index (χ4n) is 3.32. The van der Waals surface area contributed by atoms with Crippen molar-refractivity contribution < 1.29 is 14.3 Å². The normalized spacial score (nSPS) is 24.3. The van der Waals surface area contributed by atoms with E-state index in [0.29, 0.717) is 16.9 Å². The first-order chi connectivity index (χ1) is 12.5. The van der Waals surface area contributed by atoms with E-state index in [1.807, 2.05) is 42.6 Å². The maximum Gasteiger partial charge on any atom is 0.260 e. The van der Waals surface area contributed by atoms with Crippen molar-refractivity contribution in [2.75, 3.05) is 24.7 Å². The second kappa shape index (κ2) is 9.04. The van der Waals surface area contributed by atoms with E-state index in [0.717, 1.165) is 12.8 Å². The van der Waals surface area contributed by atoms with Gasteiger partial charge in [-0.2, -0.15) is 0 Å². The van der Waals surface area contributed by atoms with Gasteiger partial charge in [0.1, 0.15) is 5.75 Å². The van der Waals surface area contributed by atoms with Gasteiger partial charge in [-0.25, -0.2) is 0 Å². The lowest BCUT2D eigenvalue weighted by atomic mass is 9.93. The van der Waals surface area contributed by atoms with Crippen LogP contribution in [0.2, 0.25) is 0 Å². The number of piperidine rings is 1. The van der Waals surface area contributed by atoms with Crippen molar-refractivity contribution in [2.45, 2.75) is 36.8 Å². The van der Waals surface area contributed by atoms with Crippen LogP contribution in [0.25, 0.3) is 0 Å². The van der Waals surface area contributed by atoms with Crippen LogP contribution in [0.1, 0.15) is 36.3 Å². The predicted octanol–water partition coefficient (Wildman–Crippen LogP) is 3.05. The molecule has 1 aromatic rings. The highest BCUT2D eigenvalue weighted by atomic mass is 32.2. The lowest BCUT2D eigenvalue weighted by Crippen LogP contribution is -2.50. The molecule has 0 aliphatic carbocycles. The second-order valence-corrected chi connectivity index (χ2v) is 9.58. The number of hydrogen-bond acceptors (Lipinski definition) is 5. The molecular weight excluding hydrogens is 368 g/mol. The third-order valence-corrected chi connectivity index (χ3v) is 7.96. The van der Waals surface area contributed by atoms with Crippen LogP contribution < -0.4 is 10.5 Å². The van der Waals surface area contributed by atoms with Crippen molar-refractivity contribution in [1.82, 2.24) is 4.90 Å². The number of primary amides is 1. The molecule has 26 heavy (non-hydrogen) atoms. The van der Waals surface area contributed by atoms with Crippen molar-refractivity contribution in [2.24, 2.45) is 11.7 Å². The molecule has 0 spiro atoms. The molecule has 1 aromatic carbocycles. The number of likely N-dealkylation sites (tertiary alicyclic amines) is 1. The van der Waals surface area contributed by atoms with Crippen molar-refractivity contribution >= 4 is 35.3 Å². The molecule has 3 rings (SSSR count). The highest BCUT2D eigenvalue weighted by molar-refractivity contribution is 8.16. The number of amides is 2. The van der Waals surface area contributed by atoms with E-state index >= 15 is 0 Å². The number of rotatable bonds is 5. The predicted molar refractivity (Wildman–Crippen MR) is 107 cm³/mol. The van der Waals surface area contributed by atoms with Crippen molar-refractivity contribution in [1.29, 1.82) is 0 Å². The van der Waals surface area contributed by atoms with Crippen LogP contribution in [0.15, 0.2) is 24.3 Å². The van der Waals surface area contributed by atoms with E-state index in [9.17, 15) is 9.59 Å².